The molecule has 10 nitrogen and oxygen atoms in total. The molecule has 1 amide bonds. The van der Waals surface area contributed by atoms with Gasteiger partial charge < -0.3 is 10.2 Å². The zero-order valence-electron chi connectivity index (χ0n) is 12.6. The average Bonchev–Trinajstić information content (AvgIpc) is 2.54. The summed E-state index contributed by atoms with van der Waals surface area (Å²) in [6.45, 7) is 2.47. The first-order chi connectivity index (χ1) is 10.9. The van der Waals surface area contributed by atoms with Crippen molar-refractivity contribution in [3.8, 4) is 0 Å². The maximum Gasteiger partial charge on any atom is 0.299 e. The molecule has 1 aliphatic rings. The molecule has 1 aliphatic heterocycles. The Balaban J connectivity index is 2.12. The molecule has 10 heteroatoms. The van der Waals surface area contributed by atoms with E-state index in [2.05, 4.69) is 5.32 Å². The Bertz CT molecular complexity index is 627. The predicted molar refractivity (Wildman–Crippen MR) is 82.5 cm³/mol. The van der Waals surface area contributed by atoms with Crippen molar-refractivity contribution in [1.82, 2.24) is 10.2 Å². The molecular formula is C13H17N5O5. The number of nitrogens with one attached hydrogen (secondary N) is 1. The van der Waals surface area contributed by atoms with Gasteiger partial charge in [-0.15, -0.1) is 0 Å². The van der Waals surface area contributed by atoms with Gasteiger partial charge in [0.15, 0.2) is 0 Å². The van der Waals surface area contributed by atoms with Crippen molar-refractivity contribution in [2.24, 2.45) is 0 Å². The number of amides is 1. The Morgan fingerprint density at radius 1 is 1.17 bits per heavy atom. The molecule has 23 heavy (non-hydrogen) atoms. The van der Waals surface area contributed by atoms with Crippen LogP contribution in [0, 0.1) is 20.2 Å². The maximum atomic E-state index is 11.4. The first-order valence-electron chi connectivity index (χ1n) is 7.03. The van der Waals surface area contributed by atoms with Crippen LogP contribution in [0.1, 0.15) is 0 Å². The average molecular weight is 323 g/mol. The summed E-state index contributed by atoms with van der Waals surface area (Å²) in [4.78, 5) is 35.8. The number of nitrogens with zero attached hydrogens (tertiary/aromatic N) is 4. The molecule has 0 aromatic heterocycles. The second-order valence-electron chi connectivity index (χ2n) is 5.12. The van der Waals surface area contributed by atoms with Crippen LogP contribution in [0.4, 0.5) is 17.1 Å². The van der Waals surface area contributed by atoms with Crippen LogP contribution in [0.5, 0.6) is 0 Å². The number of hydrogen-bond donors (Lipinski definition) is 1. The van der Waals surface area contributed by atoms with Crippen LogP contribution in [0.15, 0.2) is 18.2 Å². The highest BCUT2D eigenvalue weighted by atomic mass is 16.6. The summed E-state index contributed by atoms with van der Waals surface area (Å²) in [6.07, 6.45) is 0. The summed E-state index contributed by atoms with van der Waals surface area (Å²) in [7, 11) is 1.57. The summed E-state index contributed by atoms with van der Waals surface area (Å²) in [5, 5.41) is 24.5. The van der Waals surface area contributed by atoms with Crippen molar-refractivity contribution in [2.75, 3.05) is 44.7 Å². The van der Waals surface area contributed by atoms with E-state index in [0.717, 1.165) is 6.07 Å². The smallest absolute Gasteiger partial charge is 0.299 e. The molecule has 1 saturated heterocycles. The van der Waals surface area contributed by atoms with E-state index < -0.39 is 9.85 Å². The van der Waals surface area contributed by atoms with Crippen LogP contribution in [0.3, 0.4) is 0 Å². The Morgan fingerprint density at radius 3 is 2.35 bits per heavy atom. The van der Waals surface area contributed by atoms with Crippen molar-refractivity contribution >= 4 is 23.0 Å². The van der Waals surface area contributed by atoms with Crippen LogP contribution in [0.25, 0.3) is 0 Å². The summed E-state index contributed by atoms with van der Waals surface area (Å²) in [6, 6.07) is 3.65. The van der Waals surface area contributed by atoms with Gasteiger partial charge in [-0.25, -0.2) is 0 Å². The van der Waals surface area contributed by atoms with E-state index in [4.69, 9.17) is 0 Å². The molecule has 0 aliphatic carbocycles. The highest BCUT2D eigenvalue weighted by Gasteiger charge is 2.26. The summed E-state index contributed by atoms with van der Waals surface area (Å²) in [5.41, 5.74) is -0.224. The molecule has 0 spiro atoms. The number of carbonyl (C=O) groups is 1. The molecular weight excluding hydrogens is 306 g/mol. The predicted octanol–water partition coefficient (Wildman–Crippen LogP) is 0.371. The van der Waals surface area contributed by atoms with Crippen molar-refractivity contribution in [3.05, 3.63) is 38.4 Å². The van der Waals surface area contributed by atoms with Gasteiger partial charge in [-0.1, -0.05) is 0 Å². The van der Waals surface area contributed by atoms with Gasteiger partial charge >= 0.3 is 0 Å². The van der Waals surface area contributed by atoms with Crippen LogP contribution >= 0.6 is 0 Å². The van der Waals surface area contributed by atoms with Crippen molar-refractivity contribution in [2.45, 2.75) is 0 Å². The quantitative estimate of drug-likeness (QED) is 0.613. The molecule has 0 unspecified atom stereocenters. The Labute approximate surface area is 132 Å². The molecule has 1 heterocycles. The number of piperazine rings is 1. The zero-order chi connectivity index (χ0) is 17.0. The van der Waals surface area contributed by atoms with Gasteiger partial charge in [-0.3, -0.25) is 29.9 Å². The fourth-order valence-electron chi connectivity index (χ4n) is 2.47. The molecule has 2 rings (SSSR count). The van der Waals surface area contributed by atoms with Crippen LogP contribution in [0.2, 0.25) is 0 Å². The largest absolute Gasteiger partial charge is 0.363 e. The lowest BCUT2D eigenvalue weighted by Crippen LogP contribution is -2.49. The number of anilines is 1. The van der Waals surface area contributed by atoms with Gasteiger partial charge in [0.05, 0.1) is 22.5 Å². The number of benzene rings is 1. The van der Waals surface area contributed by atoms with E-state index in [1.54, 1.807) is 7.05 Å². The number of non-ortho nitro benzene ring substituents is 1. The van der Waals surface area contributed by atoms with E-state index in [9.17, 15) is 25.0 Å². The number of carbonyl (C=O) groups excluding carboxylic acids is 1. The molecule has 124 valence electrons. The van der Waals surface area contributed by atoms with Crippen LogP contribution < -0.4 is 10.2 Å². The molecule has 1 fully saturated rings. The van der Waals surface area contributed by atoms with Crippen LogP contribution in [-0.4, -0.2) is 60.4 Å². The molecule has 0 saturated carbocycles. The van der Waals surface area contributed by atoms with Crippen molar-refractivity contribution in [3.63, 3.8) is 0 Å². The lowest BCUT2D eigenvalue weighted by atomic mass is 10.2. The number of likely N-dealkylation sites (N-methyl/N-ethyl adjacent to an activating group) is 1. The third-order valence-corrected chi connectivity index (χ3v) is 3.73. The molecule has 1 aromatic carbocycles. The van der Waals surface area contributed by atoms with Gasteiger partial charge in [0.1, 0.15) is 5.69 Å². The van der Waals surface area contributed by atoms with Gasteiger partial charge in [-0.05, 0) is 6.07 Å². The number of hydrogen-bond acceptors (Lipinski definition) is 7. The Hall–Kier alpha value is -2.75. The minimum absolute atomic E-state index is 0.0835. The minimum atomic E-state index is -0.655. The second kappa shape index (κ2) is 7.01. The van der Waals surface area contributed by atoms with Crippen LogP contribution in [-0.2, 0) is 4.79 Å². The molecule has 0 bridgehead atoms. The van der Waals surface area contributed by atoms with Gasteiger partial charge in [0.25, 0.3) is 11.4 Å². The van der Waals surface area contributed by atoms with E-state index in [1.807, 2.05) is 9.80 Å². The van der Waals surface area contributed by atoms with E-state index in [1.165, 1.54) is 12.1 Å². The topological polar surface area (TPSA) is 122 Å². The van der Waals surface area contributed by atoms with Gasteiger partial charge in [0.2, 0.25) is 5.91 Å². The first-order valence-corrected chi connectivity index (χ1v) is 7.03. The van der Waals surface area contributed by atoms with E-state index in [-0.39, 0.29) is 23.8 Å². The first kappa shape index (κ1) is 16.6. The normalized spacial score (nSPS) is 15.3. The van der Waals surface area contributed by atoms with Crippen molar-refractivity contribution in [1.29, 1.82) is 0 Å². The second-order valence-corrected chi connectivity index (χ2v) is 5.12. The standard InChI is InChI=1S/C13H17N5O5/c1-14-13(19)9-15-4-6-16(7-5-15)11-3-2-10(17(20)21)8-12(11)18(22)23/h2-3,8H,4-7,9H2,1H3,(H,14,19). The lowest BCUT2D eigenvalue weighted by Gasteiger charge is -2.35. The third kappa shape index (κ3) is 3.92. The number of nitro benzene ring substituents is 2. The molecule has 1 N–H and O–H groups in total. The Kier molecular flexibility index (Phi) is 5.06. The maximum absolute atomic E-state index is 11.4. The summed E-state index contributed by atoms with van der Waals surface area (Å²) >= 11 is 0. The SMILES string of the molecule is CNC(=O)CN1CCN(c2ccc([N+](=O)[O-])cc2[N+](=O)[O-])CC1. The number of rotatable bonds is 5. The third-order valence-electron chi connectivity index (χ3n) is 3.73. The molecule has 1 aromatic rings. The number of nitro groups is 2. The molecule has 0 radical (unpaired) electrons. The summed E-state index contributed by atoms with van der Waals surface area (Å²) < 4.78 is 0. The van der Waals surface area contributed by atoms with Gasteiger partial charge in [0, 0.05) is 39.3 Å². The highest BCUT2D eigenvalue weighted by molar-refractivity contribution is 5.77. The lowest BCUT2D eigenvalue weighted by molar-refractivity contribution is -0.393. The minimum Gasteiger partial charge on any atom is -0.363 e. The monoisotopic (exact) mass is 323 g/mol. The highest BCUT2D eigenvalue weighted by Crippen LogP contribution is 2.32. The Morgan fingerprint density at radius 2 is 1.83 bits per heavy atom. The molecule has 0 atom stereocenters. The van der Waals surface area contributed by atoms with E-state index in [0.29, 0.717) is 31.9 Å². The van der Waals surface area contributed by atoms with E-state index >= 15 is 0 Å². The summed E-state index contributed by atoms with van der Waals surface area (Å²) in [5.74, 6) is -0.0835. The fourth-order valence-corrected chi connectivity index (χ4v) is 2.47. The zero-order valence-corrected chi connectivity index (χ0v) is 12.6. The fraction of sp³-hybridized carbons (Fsp3) is 0.462. The van der Waals surface area contributed by atoms with Gasteiger partial charge in [-0.2, -0.15) is 0 Å². The van der Waals surface area contributed by atoms with Crippen molar-refractivity contribution < 1.29 is 14.6 Å².